The van der Waals surface area contributed by atoms with Crippen LogP contribution in [-0.2, 0) is 0 Å². The monoisotopic (exact) mass is 210 g/mol. The summed E-state index contributed by atoms with van der Waals surface area (Å²) in [5.41, 5.74) is 6.96. The van der Waals surface area contributed by atoms with Crippen LogP contribution in [0.3, 0.4) is 0 Å². The molecule has 2 saturated carbocycles. The molecule has 3 N–H and O–H groups in total. The van der Waals surface area contributed by atoms with Crippen molar-refractivity contribution in [2.24, 2.45) is 17.6 Å². The molecule has 2 rings (SSSR count). The van der Waals surface area contributed by atoms with Gasteiger partial charge in [-0.05, 0) is 37.5 Å². The van der Waals surface area contributed by atoms with Crippen LogP contribution in [0.25, 0.3) is 0 Å². The summed E-state index contributed by atoms with van der Waals surface area (Å²) >= 11 is 0. The van der Waals surface area contributed by atoms with Gasteiger partial charge in [0.2, 0.25) is 0 Å². The fourth-order valence-electron chi connectivity index (χ4n) is 2.41. The summed E-state index contributed by atoms with van der Waals surface area (Å²) in [7, 11) is 0. The molecular weight excluding hydrogens is 184 g/mol. The van der Waals surface area contributed by atoms with Crippen molar-refractivity contribution in [3.05, 3.63) is 0 Å². The Balaban J connectivity index is 0.000000531. The van der Waals surface area contributed by atoms with Gasteiger partial charge in [-0.3, -0.25) is 0 Å². The van der Waals surface area contributed by atoms with Crippen molar-refractivity contribution in [2.45, 2.75) is 64.8 Å². The quantitative estimate of drug-likeness (QED) is 0.690. The first-order valence-electron chi connectivity index (χ1n) is 6.63. The molecule has 0 heterocycles. The Hall–Kier alpha value is -0.370. The zero-order valence-corrected chi connectivity index (χ0v) is 10.3. The van der Waals surface area contributed by atoms with E-state index in [0.717, 1.165) is 5.71 Å². The van der Waals surface area contributed by atoms with E-state index in [0.29, 0.717) is 11.8 Å². The van der Waals surface area contributed by atoms with Crippen LogP contribution in [0, 0.1) is 17.2 Å². The Labute approximate surface area is 94.1 Å². The third-order valence-corrected chi connectivity index (χ3v) is 3.53. The fraction of sp³-hybridized carbons (Fsp3) is 0.923. The summed E-state index contributed by atoms with van der Waals surface area (Å²) in [6.07, 6.45) is 9.00. The van der Waals surface area contributed by atoms with E-state index >= 15 is 0 Å². The lowest BCUT2D eigenvalue weighted by Crippen LogP contribution is -2.39. The number of nitrogens with two attached hydrogens (primary N) is 1. The summed E-state index contributed by atoms with van der Waals surface area (Å²) < 4.78 is 0. The summed E-state index contributed by atoms with van der Waals surface area (Å²) in [5, 5.41) is 7.92. The van der Waals surface area contributed by atoms with Gasteiger partial charge < -0.3 is 11.1 Å². The van der Waals surface area contributed by atoms with Gasteiger partial charge in [0.05, 0.1) is 0 Å². The number of rotatable bonds is 3. The van der Waals surface area contributed by atoms with E-state index in [1.807, 2.05) is 13.8 Å². The molecule has 2 fully saturated rings. The normalized spacial score (nSPS) is 23.9. The van der Waals surface area contributed by atoms with Crippen molar-refractivity contribution in [1.82, 2.24) is 0 Å². The molecule has 0 radical (unpaired) electrons. The molecule has 0 bridgehead atoms. The van der Waals surface area contributed by atoms with Crippen molar-refractivity contribution in [3.63, 3.8) is 0 Å². The van der Waals surface area contributed by atoms with Gasteiger partial charge in [-0.15, -0.1) is 0 Å². The molecule has 0 saturated heterocycles. The number of hydrogen-bond donors (Lipinski definition) is 2. The molecule has 1 atom stereocenters. The highest BCUT2D eigenvalue weighted by Crippen LogP contribution is 2.34. The topological polar surface area (TPSA) is 49.9 Å². The van der Waals surface area contributed by atoms with Crippen LogP contribution >= 0.6 is 0 Å². The first kappa shape index (κ1) is 12.7. The van der Waals surface area contributed by atoms with Gasteiger partial charge in [0, 0.05) is 11.8 Å². The smallest absolute Gasteiger partial charge is 0.0454 e. The zero-order chi connectivity index (χ0) is 11.3. The van der Waals surface area contributed by atoms with Crippen LogP contribution in [-0.4, -0.2) is 11.8 Å². The van der Waals surface area contributed by atoms with E-state index in [4.69, 9.17) is 11.1 Å². The molecule has 0 aromatic rings. The van der Waals surface area contributed by atoms with E-state index in [-0.39, 0.29) is 6.04 Å². The van der Waals surface area contributed by atoms with Gasteiger partial charge in [-0.25, -0.2) is 0 Å². The Kier molecular flexibility index (Phi) is 5.30. The molecule has 0 aromatic heterocycles. The molecular formula is C13H26N2. The van der Waals surface area contributed by atoms with Crippen molar-refractivity contribution in [1.29, 1.82) is 5.41 Å². The van der Waals surface area contributed by atoms with Crippen LogP contribution < -0.4 is 5.73 Å². The Morgan fingerprint density at radius 2 is 1.60 bits per heavy atom. The Morgan fingerprint density at radius 1 is 1.07 bits per heavy atom. The van der Waals surface area contributed by atoms with Crippen LogP contribution in [0.2, 0.25) is 0 Å². The highest BCUT2D eigenvalue weighted by atomic mass is 14.7. The van der Waals surface area contributed by atoms with Crippen molar-refractivity contribution < 1.29 is 0 Å². The minimum Gasteiger partial charge on any atom is -0.323 e. The average molecular weight is 210 g/mol. The molecule has 2 aliphatic carbocycles. The van der Waals surface area contributed by atoms with E-state index in [1.165, 1.54) is 44.9 Å². The van der Waals surface area contributed by atoms with Gasteiger partial charge in [0.15, 0.2) is 0 Å². The molecule has 2 nitrogen and oxygen atoms in total. The SMILES string of the molecule is CC.N=C(C1CC1)C(N)C1CCCCC1. The Bertz CT molecular complexity index is 191. The van der Waals surface area contributed by atoms with Crippen molar-refractivity contribution in [3.8, 4) is 0 Å². The van der Waals surface area contributed by atoms with Gasteiger partial charge >= 0.3 is 0 Å². The number of hydrogen-bond acceptors (Lipinski definition) is 2. The molecule has 2 aliphatic rings. The second-order valence-corrected chi connectivity index (χ2v) is 4.65. The summed E-state index contributed by atoms with van der Waals surface area (Å²) in [5.74, 6) is 1.19. The molecule has 0 spiro atoms. The molecule has 0 amide bonds. The average Bonchev–Trinajstić information content (AvgIpc) is 3.15. The lowest BCUT2D eigenvalue weighted by Gasteiger charge is -2.27. The van der Waals surface area contributed by atoms with Gasteiger partial charge in [0.25, 0.3) is 0 Å². The summed E-state index contributed by atoms with van der Waals surface area (Å²) in [4.78, 5) is 0. The highest BCUT2D eigenvalue weighted by Gasteiger charge is 2.33. The maximum atomic E-state index is 7.92. The van der Waals surface area contributed by atoms with Crippen molar-refractivity contribution >= 4 is 5.71 Å². The van der Waals surface area contributed by atoms with Gasteiger partial charge in [0.1, 0.15) is 0 Å². The first-order chi connectivity index (χ1) is 7.29. The molecule has 88 valence electrons. The van der Waals surface area contributed by atoms with E-state index in [1.54, 1.807) is 0 Å². The van der Waals surface area contributed by atoms with Crippen LogP contribution in [0.5, 0.6) is 0 Å². The van der Waals surface area contributed by atoms with Crippen LogP contribution in [0.4, 0.5) is 0 Å². The maximum absolute atomic E-state index is 7.92. The Morgan fingerprint density at radius 3 is 2.07 bits per heavy atom. The zero-order valence-electron chi connectivity index (χ0n) is 10.3. The predicted octanol–water partition coefficient (Wildman–Crippen LogP) is 3.35. The standard InChI is InChI=1S/C11H20N2.C2H6/c12-10(11(13)9-6-7-9)8-4-2-1-3-5-8;1-2/h8-10,13H,1-7,12H2;1-2H3. The first-order valence-corrected chi connectivity index (χ1v) is 6.63. The predicted molar refractivity (Wildman–Crippen MR) is 66.3 cm³/mol. The highest BCUT2D eigenvalue weighted by molar-refractivity contribution is 5.90. The van der Waals surface area contributed by atoms with E-state index < -0.39 is 0 Å². The van der Waals surface area contributed by atoms with Crippen molar-refractivity contribution in [2.75, 3.05) is 0 Å². The second-order valence-electron chi connectivity index (χ2n) is 4.65. The maximum Gasteiger partial charge on any atom is 0.0454 e. The van der Waals surface area contributed by atoms with Crippen LogP contribution in [0.15, 0.2) is 0 Å². The van der Waals surface area contributed by atoms with E-state index in [9.17, 15) is 0 Å². The second kappa shape index (κ2) is 6.26. The van der Waals surface area contributed by atoms with E-state index in [2.05, 4.69) is 0 Å². The third-order valence-electron chi connectivity index (χ3n) is 3.53. The molecule has 1 unspecified atom stereocenters. The minimum absolute atomic E-state index is 0.0906. The lowest BCUT2D eigenvalue weighted by atomic mass is 9.81. The van der Waals surface area contributed by atoms with Gasteiger partial charge in [-0.2, -0.15) is 0 Å². The minimum atomic E-state index is 0.0906. The summed E-state index contributed by atoms with van der Waals surface area (Å²) in [6.45, 7) is 4.00. The molecule has 2 heteroatoms. The molecule has 0 aromatic carbocycles. The lowest BCUT2D eigenvalue weighted by molar-refractivity contribution is 0.339. The number of nitrogens with one attached hydrogen (secondary N) is 1. The fourth-order valence-corrected chi connectivity index (χ4v) is 2.41. The molecule has 0 aliphatic heterocycles. The largest absolute Gasteiger partial charge is 0.323 e. The summed E-state index contributed by atoms with van der Waals surface area (Å²) in [6, 6.07) is 0.0906. The van der Waals surface area contributed by atoms with Crippen LogP contribution in [0.1, 0.15) is 58.8 Å². The molecule has 15 heavy (non-hydrogen) atoms. The third kappa shape index (κ3) is 3.60. The van der Waals surface area contributed by atoms with Gasteiger partial charge in [-0.1, -0.05) is 33.1 Å².